The van der Waals surface area contributed by atoms with Gasteiger partial charge < -0.3 is 9.64 Å². The second-order valence-electron chi connectivity index (χ2n) is 6.78. The lowest BCUT2D eigenvalue weighted by atomic mass is 10.2. The van der Waals surface area contributed by atoms with Crippen LogP contribution in [-0.4, -0.2) is 56.3 Å². The first kappa shape index (κ1) is 20.7. The number of carbonyl (C=O) groups is 1. The van der Waals surface area contributed by atoms with Crippen molar-refractivity contribution >= 4 is 15.9 Å². The Balaban J connectivity index is 2.12. The van der Waals surface area contributed by atoms with Crippen molar-refractivity contribution in [2.75, 3.05) is 26.7 Å². The molecule has 0 bridgehead atoms. The van der Waals surface area contributed by atoms with Crippen LogP contribution in [0.4, 0.5) is 0 Å². The van der Waals surface area contributed by atoms with Crippen molar-refractivity contribution in [2.45, 2.75) is 57.5 Å². The number of hydrogen-bond acceptors (Lipinski definition) is 4. The zero-order chi connectivity index (χ0) is 19.3. The highest BCUT2D eigenvalue weighted by Crippen LogP contribution is 2.28. The van der Waals surface area contributed by atoms with Crippen LogP contribution in [0.25, 0.3) is 0 Å². The average Bonchev–Trinajstić information content (AvgIpc) is 3.10. The Hall–Kier alpha value is -1.60. The SMILES string of the molecule is CCN(CC)C(=O)CN(C)S(=O)(=O)c1ccc(OC2CCCC2)c(C)c1. The molecule has 0 atom stereocenters. The van der Waals surface area contributed by atoms with Gasteiger partial charge in [-0.2, -0.15) is 4.31 Å². The van der Waals surface area contributed by atoms with Gasteiger partial charge in [0, 0.05) is 20.1 Å². The summed E-state index contributed by atoms with van der Waals surface area (Å²) in [5.74, 6) is 0.539. The minimum absolute atomic E-state index is 0.163. The third-order valence-electron chi connectivity index (χ3n) is 4.92. The molecule has 0 N–H and O–H groups in total. The number of rotatable bonds is 8. The largest absolute Gasteiger partial charge is 0.490 e. The topological polar surface area (TPSA) is 66.9 Å². The van der Waals surface area contributed by atoms with Crippen LogP contribution in [0.3, 0.4) is 0 Å². The maximum Gasteiger partial charge on any atom is 0.243 e. The monoisotopic (exact) mass is 382 g/mol. The molecule has 1 aliphatic rings. The number of aryl methyl sites for hydroxylation is 1. The number of ether oxygens (including phenoxy) is 1. The van der Waals surface area contributed by atoms with Crippen LogP contribution in [0.15, 0.2) is 23.1 Å². The fourth-order valence-electron chi connectivity index (χ4n) is 3.23. The second-order valence-corrected chi connectivity index (χ2v) is 8.82. The first-order valence-corrected chi connectivity index (χ1v) is 10.7. The maximum atomic E-state index is 12.8. The third-order valence-corrected chi connectivity index (χ3v) is 6.72. The van der Waals surface area contributed by atoms with Gasteiger partial charge in [-0.05, 0) is 70.2 Å². The van der Waals surface area contributed by atoms with Crippen molar-refractivity contribution in [3.8, 4) is 5.75 Å². The van der Waals surface area contributed by atoms with Gasteiger partial charge in [-0.25, -0.2) is 8.42 Å². The summed E-state index contributed by atoms with van der Waals surface area (Å²) < 4.78 is 32.7. The fourth-order valence-corrected chi connectivity index (χ4v) is 4.44. The molecule has 1 saturated carbocycles. The predicted octanol–water partition coefficient (Wildman–Crippen LogP) is 2.81. The number of amides is 1. The molecular weight excluding hydrogens is 352 g/mol. The van der Waals surface area contributed by atoms with E-state index in [4.69, 9.17) is 4.74 Å². The first-order valence-electron chi connectivity index (χ1n) is 9.31. The van der Waals surface area contributed by atoms with Crippen LogP contribution in [-0.2, 0) is 14.8 Å². The molecule has 0 spiro atoms. The van der Waals surface area contributed by atoms with Crippen molar-refractivity contribution in [1.82, 2.24) is 9.21 Å². The van der Waals surface area contributed by atoms with Crippen LogP contribution >= 0.6 is 0 Å². The Kier molecular flexibility index (Phi) is 7.06. The van der Waals surface area contributed by atoms with Gasteiger partial charge in [0.05, 0.1) is 17.5 Å². The molecule has 1 fully saturated rings. The molecule has 1 aliphatic carbocycles. The summed E-state index contributed by atoms with van der Waals surface area (Å²) in [6, 6.07) is 4.91. The zero-order valence-corrected chi connectivity index (χ0v) is 17.0. The highest BCUT2D eigenvalue weighted by atomic mass is 32.2. The van der Waals surface area contributed by atoms with E-state index in [1.165, 1.54) is 19.9 Å². The number of nitrogens with zero attached hydrogens (tertiary/aromatic N) is 2. The molecule has 0 aliphatic heterocycles. The molecule has 0 unspecified atom stereocenters. The van der Waals surface area contributed by atoms with Gasteiger partial charge in [0.15, 0.2) is 0 Å². The van der Waals surface area contributed by atoms with Crippen LogP contribution in [0.2, 0.25) is 0 Å². The lowest BCUT2D eigenvalue weighted by Crippen LogP contribution is -2.41. The Morgan fingerprint density at radius 1 is 1.19 bits per heavy atom. The lowest BCUT2D eigenvalue weighted by molar-refractivity contribution is -0.130. The van der Waals surface area contributed by atoms with Gasteiger partial charge in [-0.1, -0.05) is 0 Å². The van der Waals surface area contributed by atoms with E-state index < -0.39 is 10.0 Å². The highest BCUT2D eigenvalue weighted by molar-refractivity contribution is 7.89. The molecule has 0 saturated heterocycles. The number of sulfonamides is 1. The summed E-state index contributed by atoms with van der Waals surface area (Å²) in [7, 11) is -2.28. The molecule has 0 aromatic heterocycles. The van der Waals surface area contributed by atoms with E-state index >= 15 is 0 Å². The lowest BCUT2D eigenvalue weighted by Gasteiger charge is -2.23. The smallest absolute Gasteiger partial charge is 0.243 e. The second kappa shape index (κ2) is 8.86. The molecular formula is C19H30N2O4S. The van der Waals surface area contributed by atoms with Crippen molar-refractivity contribution in [3.63, 3.8) is 0 Å². The Bertz CT molecular complexity index is 723. The summed E-state index contributed by atoms with van der Waals surface area (Å²) in [6.07, 6.45) is 4.69. The van der Waals surface area contributed by atoms with Crippen LogP contribution in [0.5, 0.6) is 5.75 Å². The van der Waals surface area contributed by atoms with Crippen LogP contribution in [0.1, 0.15) is 45.1 Å². The number of carbonyl (C=O) groups excluding carboxylic acids is 1. The minimum Gasteiger partial charge on any atom is -0.490 e. The minimum atomic E-state index is -3.72. The summed E-state index contributed by atoms with van der Waals surface area (Å²) in [5.41, 5.74) is 0.793. The molecule has 146 valence electrons. The third kappa shape index (κ3) is 4.76. The van der Waals surface area contributed by atoms with Gasteiger partial charge in [0.1, 0.15) is 5.75 Å². The van der Waals surface area contributed by atoms with Crippen molar-refractivity contribution in [3.05, 3.63) is 23.8 Å². The molecule has 26 heavy (non-hydrogen) atoms. The Morgan fingerprint density at radius 3 is 2.35 bits per heavy atom. The summed E-state index contributed by atoms with van der Waals surface area (Å²) >= 11 is 0. The van der Waals surface area contributed by atoms with Gasteiger partial charge in [-0.15, -0.1) is 0 Å². The number of hydrogen-bond donors (Lipinski definition) is 0. The standard InChI is InChI=1S/C19H30N2O4S/c1-5-21(6-2)19(22)14-20(4)26(23,24)17-11-12-18(15(3)13-17)25-16-9-7-8-10-16/h11-13,16H,5-10,14H2,1-4H3. The van der Waals surface area contributed by atoms with E-state index in [2.05, 4.69) is 0 Å². The van der Waals surface area contributed by atoms with Gasteiger partial charge in [0.25, 0.3) is 0 Å². The average molecular weight is 383 g/mol. The van der Waals surface area contributed by atoms with E-state index in [0.29, 0.717) is 13.1 Å². The predicted molar refractivity (Wildman–Crippen MR) is 102 cm³/mol. The van der Waals surface area contributed by atoms with Crippen LogP contribution < -0.4 is 4.74 Å². The number of benzene rings is 1. The quantitative estimate of drug-likeness (QED) is 0.693. The van der Waals surface area contributed by atoms with Crippen molar-refractivity contribution < 1.29 is 17.9 Å². The molecule has 0 radical (unpaired) electrons. The van der Waals surface area contributed by atoms with Crippen molar-refractivity contribution in [1.29, 1.82) is 0 Å². The van der Waals surface area contributed by atoms with Crippen LogP contribution in [0, 0.1) is 6.92 Å². The van der Waals surface area contributed by atoms with Gasteiger partial charge >= 0.3 is 0 Å². The zero-order valence-electron chi connectivity index (χ0n) is 16.2. The summed E-state index contributed by atoms with van der Waals surface area (Å²) in [5, 5.41) is 0. The molecule has 1 aromatic carbocycles. The molecule has 1 amide bonds. The van der Waals surface area contributed by atoms with E-state index in [-0.39, 0.29) is 23.5 Å². The van der Waals surface area contributed by atoms with Gasteiger partial charge in [0.2, 0.25) is 15.9 Å². The number of likely N-dealkylation sites (N-methyl/N-ethyl adjacent to an activating group) is 2. The van der Waals surface area contributed by atoms with E-state index in [9.17, 15) is 13.2 Å². The van der Waals surface area contributed by atoms with E-state index in [1.54, 1.807) is 23.1 Å². The maximum absolute atomic E-state index is 12.8. The fraction of sp³-hybridized carbons (Fsp3) is 0.632. The highest BCUT2D eigenvalue weighted by Gasteiger charge is 2.25. The first-order chi connectivity index (χ1) is 12.3. The summed E-state index contributed by atoms with van der Waals surface area (Å²) in [6.45, 7) is 6.57. The molecule has 2 rings (SSSR count). The molecule has 7 heteroatoms. The van der Waals surface area contributed by atoms with Gasteiger partial charge in [-0.3, -0.25) is 4.79 Å². The molecule has 0 heterocycles. The molecule has 1 aromatic rings. The van der Waals surface area contributed by atoms with E-state index in [1.807, 2.05) is 20.8 Å². The van der Waals surface area contributed by atoms with E-state index in [0.717, 1.165) is 28.5 Å². The normalized spacial score (nSPS) is 15.4. The Morgan fingerprint density at radius 2 is 1.81 bits per heavy atom. The van der Waals surface area contributed by atoms with Crippen molar-refractivity contribution in [2.24, 2.45) is 0 Å². The molecule has 6 nitrogen and oxygen atoms in total. The Labute approximate surface area is 157 Å². The summed E-state index contributed by atoms with van der Waals surface area (Å²) in [4.78, 5) is 14.0.